The van der Waals surface area contributed by atoms with Gasteiger partial charge in [-0.15, -0.1) is 0 Å². The lowest BCUT2D eigenvalue weighted by atomic mass is 10.0. The van der Waals surface area contributed by atoms with Crippen LogP contribution in [0.15, 0.2) is 60.9 Å². The first-order chi connectivity index (χ1) is 15.5. The largest absolute Gasteiger partial charge is 0.329 e. The molecular weight excluding hydrogens is 403 g/mol. The summed E-state index contributed by atoms with van der Waals surface area (Å²) < 4.78 is 15.2. The van der Waals surface area contributed by atoms with Crippen molar-refractivity contribution >= 4 is 11.6 Å². The van der Waals surface area contributed by atoms with Gasteiger partial charge < -0.3 is 9.30 Å². The van der Waals surface area contributed by atoms with Crippen molar-refractivity contribution in [1.29, 1.82) is 0 Å². The van der Waals surface area contributed by atoms with Crippen molar-refractivity contribution in [3.8, 4) is 0 Å². The fourth-order valence-corrected chi connectivity index (χ4v) is 4.60. The Morgan fingerprint density at radius 2 is 1.91 bits per heavy atom. The molecule has 5 rings (SSSR count). The zero-order valence-electron chi connectivity index (χ0n) is 18.3. The number of aryl methyl sites for hydroxylation is 2. The van der Waals surface area contributed by atoms with E-state index in [0.717, 1.165) is 46.6 Å². The molecule has 4 aromatic rings. The highest BCUT2D eigenvalue weighted by Gasteiger charge is 2.33. The summed E-state index contributed by atoms with van der Waals surface area (Å²) in [5.41, 5.74) is 6.29. The molecule has 0 spiro atoms. The van der Waals surface area contributed by atoms with Gasteiger partial charge in [0.1, 0.15) is 17.2 Å². The van der Waals surface area contributed by atoms with Crippen LogP contribution in [-0.2, 0) is 6.42 Å². The van der Waals surface area contributed by atoms with Crippen LogP contribution >= 0.6 is 0 Å². The molecule has 1 amide bonds. The van der Waals surface area contributed by atoms with Crippen molar-refractivity contribution in [2.75, 3.05) is 6.54 Å². The van der Waals surface area contributed by atoms with Crippen LogP contribution in [0, 0.1) is 19.7 Å². The zero-order valence-corrected chi connectivity index (χ0v) is 18.3. The number of carbonyl (C=O) groups excluding carboxylic acids is 1. The Bertz CT molecular complexity index is 1300. The second-order valence-electron chi connectivity index (χ2n) is 8.55. The number of aromatic nitrogens is 3. The van der Waals surface area contributed by atoms with E-state index in [2.05, 4.69) is 17.1 Å². The Kier molecular flexibility index (Phi) is 5.21. The Morgan fingerprint density at radius 3 is 2.69 bits per heavy atom. The number of likely N-dealkylation sites (tertiary alicyclic amines) is 1. The molecule has 5 nitrogen and oxygen atoms in total. The lowest BCUT2D eigenvalue weighted by Crippen LogP contribution is -2.31. The Morgan fingerprint density at radius 1 is 1.09 bits per heavy atom. The summed E-state index contributed by atoms with van der Waals surface area (Å²) in [6.07, 6.45) is 6.24. The fraction of sp³-hybridized carbons (Fsp3) is 0.269. The molecule has 1 saturated heterocycles. The van der Waals surface area contributed by atoms with Gasteiger partial charge in [0.15, 0.2) is 0 Å². The minimum Gasteiger partial charge on any atom is -0.329 e. The number of rotatable bonds is 4. The SMILES string of the molecule is Cc1cc(Cc2ccc(F)cc2)cc([C@@H]2CCCN2C(=O)c2cn3cccc(C)c3n2)n1. The Hall–Kier alpha value is -3.54. The van der Waals surface area contributed by atoms with Crippen LogP contribution in [0.25, 0.3) is 5.65 Å². The third kappa shape index (κ3) is 3.88. The summed E-state index contributed by atoms with van der Waals surface area (Å²) in [4.78, 5) is 24.7. The maximum atomic E-state index is 13.4. The second-order valence-corrected chi connectivity index (χ2v) is 8.55. The van der Waals surface area contributed by atoms with Crippen molar-refractivity contribution in [1.82, 2.24) is 19.3 Å². The molecule has 1 aliphatic heterocycles. The molecule has 0 unspecified atom stereocenters. The highest BCUT2D eigenvalue weighted by Crippen LogP contribution is 2.33. The van der Waals surface area contributed by atoms with Gasteiger partial charge in [-0.05, 0) is 80.1 Å². The summed E-state index contributed by atoms with van der Waals surface area (Å²) in [6.45, 7) is 4.66. The first-order valence-electron chi connectivity index (χ1n) is 10.9. The highest BCUT2D eigenvalue weighted by atomic mass is 19.1. The average Bonchev–Trinajstić information content (AvgIpc) is 3.43. The maximum absolute atomic E-state index is 13.4. The van der Waals surface area contributed by atoms with Gasteiger partial charge in [0, 0.05) is 24.6 Å². The van der Waals surface area contributed by atoms with E-state index in [9.17, 15) is 9.18 Å². The van der Waals surface area contributed by atoms with Crippen molar-refractivity contribution in [3.05, 3.63) is 101 Å². The summed E-state index contributed by atoms with van der Waals surface area (Å²) in [6, 6.07) is 14.6. The number of fused-ring (bicyclic) bond motifs is 1. The van der Waals surface area contributed by atoms with Crippen LogP contribution in [0.4, 0.5) is 4.39 Å². The summed E-state index contributed by atoms with van der Waals surface area (Å²) >= 11 is 0. The van der Waals surface area contributed by atoms with E-state index >= 15 is 0 Å². The summed E-state index contributed by atoms with van der Waals surface area (Å²) in [5.74, 6) is -0.290. The third-order valence-electron chi connectivity index (χ3n) is 6.11. The topological polar surface area (TPSA) is 50.5 Å². The Balaban J connectivity index is 1.43. The maximum Gasteiger partial charge on any atom is 0.274 e. The number of halogens is 1. The lowest BCUT2D eigenvalue weighted by Gasteiger charge is -2.24. The van der Waals surface area contributed by atoms with Gasteiger partial charge >= 0.3 is 0 Å². The first kappa shape index (κ1) is 20.4. The molecule has 32 heavy (non-hydrogen) atoms. The van der Waals surface area contributed by atoms with Crippen molar-refractivity contribution in [2.24, 2.45) is 0 Å². The van der Waals surface area contributed by atoms with Gasteiger partial charge in [-0.3, -0.25) is 9.78 Å². The molecule has 4 heterocycles. The van der Waals surface area contributed by atoms with Gasteiger partial charge in [0.05, 0.1) is 11.7 Å². The molecule has 1 fully saturated rings. The van der Waals surface area contributed by atoms with Crippen LogP contribution in [0.3, 0.4) is 0 Å². The predicted octanol–water partition coefficient (Wildman–Crippen LogP) is 5.05. The number of imidazole rings is 1. The second kappa shape index (κ2) is 8.19. The molecule has 0 aliphatic carbocycles. The standard InChI is InChI=1S/C26H25FN4O/c1-17-5-3-11-30-16-23(29-25(17)30)26(32)31-12-4-6-24(31)22-15-20(13-18(2)28-22)14-19-7-9-21(27)10-8-19/h3,5,7-11,13,15-16,24H,4,6,12,14H2,1-2H3/t24-/m0/s1. The van der Waals surface area contributed by atoms with E-state index in [-0.39, 0.29) is 17.8 Å². The van der Waals surface area contributed by atoms with Gasteiger partial charge in [0.25, 0.3) is 5.91 Å². The molecular formula is C26H25FN4O. The molecule has 0 radical (unpaired) electrons. The Labute approximate surface area is 186 Å². The molecule has 0 bridgehead atoms. The number of amides is 1. The van der Waals surface area contributed by atoms with Crippen LogP contribution < -0.4 is 0 Å². The zero-order chi connectivity index (χ0) is 22.2. The molecule has 1 atom stereocenters. The molecule has 1 aliphatic rings. The minimum atomic E-state index is -0.234. The molecule has 0 N–H and O–H groups in total. The monoisotopic (exact) mass is 428 g/mol. The van der Waals surface area contributed by atoms with Crippen LogP contribution in [0.5, 0.6) is 0 Å². The van der Waals surface area contributed by atoms with E-state index in [1.807, 2.05) is 59.8 Å². The van der Waals surface area contributed by atoms with E-state index in [1.165, 1.54) is 12.1 Å². The van der Waals surface area contributed by atoms with Gasteiger partial charge in [0.2, 0.25) is 0 Å². The normalized spacial score (nSPS) is 16.1. The molecule has 6 heteroatoms. The fourth-order valence-electron chi connectivity index (χ4n) is 4.60. The van der Waals surface area contributed by atoms with Gasteiger partial charge in [-0.2, -0.15) is 0 Å². The van der Waals surface area contributed by atoms with Crippen molar-refractivity contribution < 1.29 is 9.18 Å². The lowest BCUT2D eigenvalue weighted by molar-refractivity contribution is 0.0727. The van der Waals surface area contributed by atoms with Crippen molar-refractivity contribution in [3.63, 3.8) is 0 Å². The molecule has 1 aromatic carbocycles. The molecule has 3 aromatic heterocycles. The van der Waals surface area contributed by atoms with Gasteiger partial charge in [-0.25, -0.2) is 9.37 Å². The van der Waals surface area contributed by atoms with Crippen LogP contribution in [0.1, 0.15) is 57.5 Å². The van der Waals surface area contributed by atoms with Crippen LogP contribution in [-0.4, -0.2) is 31.7 Å². The smallest absolute Gasteiger partial charge is 0.274 e. The quantitative estimate of drug-likeness (QED) is 0.457. The number of hydrogen-bond acceptors (Lipinski definition) is 3. The number of carbonyl (C=O) groups is 1. The average molecular weight is 429 g/mol. The number of benzene rings is 1. The highest BCUT2D eigenvalue weighted by molar-refractivity contribution is 5.93. The van der Waals surface area contributed by atoms with E-state index in [1.54, 1.807) is 0 Å². The minimum absolute atomic E-state index is 0.0565. The van der Waals surface area contributed by atoms with E-state index in [0.29, 0.717) is 18.7 Å². The molecule has 0 saturated carbocycles. The van der Waals surface area contributed by atoms with E-state index < -0.39 is 0 Å². The van der Waals surface area contributed by atoms with Crippen LogP contribution in [0.2, 0.25) is 0 Å². The molecule has 162 valence electrons. The van der Waals surface area contributed by atoms with Crippen molar-refractivity contribution in [2.45, 2.75) is 39.2 Å². The first-order valence-corrected chi connectivity index (χ1v) is 10.9. The van der Waals surface area contributed by atoms with Gasteiger partial charge in [-0.1, -0.05) is 18.2 Å². The summed E-state index contributed by atoms with van der Waals surface area (Å²) in [5, 5.41) is 0. The van der Waals surface area contributed by atoms with E-state index in [4.69, 9.17) is 4.98 Å². The summed E-state index contributed by atoms with van der Waals surface area (Å²) in [7, 11) is 0. The third-order valence-corrected chi connectivity index (χ3v) is 6.11. The number of nitrogens with zero attached hydrogens (tertiary/aromatic N) is 4. The number of pyridine rings is 2. The predicted molar refractivity (Wildman–Crippen MR) is 121 cm³/mol. The number of hydrogen-bond donors (Lipinski definition) is 0.